The summed E-state index contributed by atoms with van der Waals surface area (Å²) in [5.41, 5.74) is 0.459. The van der Waals surface area contributed by atoms with Crippen molar-refractivity contribution < 1.29 is 71.7 Å². The fourth-order valence-electron chi connectivity index (χ4n) is 9.27. The average molecular weight is 1040 g/mol. The summed E-state index contributed by atoms with van der Waals surface area (Å²) in [5, 5.41) is 25.4. The van der Waals surface area contributed by atoms with Gasteiger partial charge in [0.1, 0.15) is 37.1 Å². The van der Waals surface area contributed by atoms with Gasteiger partial charge in [0.05, 0.1) is 35.5 Å². The molecule has 2 fully saturated rings. The van der Waals surface area contributed by atoms with Gasteiger partial charge in [0.15, 0.2) is 30.9 Å². The number of carbonyl (C=O) groups excluding carboxylic acids is 4. The van der Waals surface area contributed by atoms with Crippen LogP contribution in [0.3, 0.4) is 0 Å². The third kappa shape index (κ3) is 12.7. The molecule has 2 heterocycles. The fraction of sp³-hybridized carbons (Fsp3) is 0.288. The molecule has 15 nitrogen and oxygen atoms in total. The van der Waals surface area contributed by atoms with Crippen LogP contribution in [0.1, 0.15) is 62.2 Å². The largest absolute Gasteiger partial charge is 0.459 e. The van der Waals surface area contributed by atoms with Gasteiger partial charge in [-0.15, -0.1) is 6.58 Å². The molecule has 6 aromatic rings. The minimum absolute atomic E-state index is 0.0631. The van der Waals surface area contributed by atoms with Crippen molar-refractivity contribution in [2.45, 2.75) is 87.2 Å². The van der Waals surface area contributed by atoms with E-state index in [4.69, 9.17) is 42.3 Å². The molecule has 0 aromatic heterocycles. The van der Waals surface area contributed by atoms with Crippen molar-refractivity contribution in [3.63, 3.8) is 0 Å². The Morgan fingerprint density at radius 3 is 1.33 bits per heavy atom. The van der Waals surface area contributed by atoms with E-state index in [2.05, 4.69) is 27.4 Å². The van der Waals surface area contributed by atoms with Crippen molar-refractivity contribution in [3.05, 3.63) is 217 Å². The van der Waals surface area contributed by atoms with Gasteiger partial charge in [-0.25, -0.2) is 19.2 Å². The number of hydrogen-bond donors (Lipinski definition) is 2. The van der Waals surface area contributed by atoms with E-state index in [0.29, 0.717) is 0 Å². The Balaban J connectivity index is 1.24. The molecule has 0 aliphatic carbocycles. The van der Waals surface area contributed by atoms with Crippen molar-refractivity contribution in [2.75, 3.05) is 19.8 Å². The van der Waals surface area contributed by atoms with Crippen molar-refractivity contribution in [1.82, 2.24) is 0 Å². The Morgan fingerprint density at radius 2 is 0.893 bits per heavy atom. The number of esters is 4. The van der Waals surface area contributed by atoms with E-state index >= 15 is 0 Å². The van der Waals surface area contributed by atoms with Crippen molar-refractivity contribution >= 4 is 42.6 Å². The lowest BCUT2D eigenvalue weighted by Crippen LogP contribution is -2.69. The van der Waals surface area contributed by atoms with Crippen molar-refractivity contribution in [1.29, 1.82) is 0 Å². The molecule has 0 unspecified atom stereocenters. The summed E-state index contributed by atoms with van der Waals surface area (Å²) >= 11 is 0. The number of hydrogen-bond acceptors (Lipinski definition) is 15. The second kappa shape index (κ2) is 24.9. The summed E-state index contributed by atoms with van der Waals surface area (Å²) in [7, 11) is -3.34. The SMILES string of the molecule is C=CCO[C@H]1O[C@H](CO[Si](c2ccccc2)(c2ccccc2)C(C)(C)C)[C@@H](O[C@H]2O[C@H](COC(=O)c3ccccc3)[C@@H](OC(=O)c3ccccc3)[C@H](OC(=O)c3ccccc3)[C@@H]2OC(=O)c2ccccc2)[C@H](O)[C@@H]1O. The molecule has 75 heavy (non-hydrogen) atoms. The first-order valence-electron chi connectivity index (χ1n) is 24.6. The van der Waals surface area contributed by atoms with Crippen LogP contribution >= 0.6 is 0 Å². The number of aliphatic hydroxyl groups excluding tert-OH is 2. The first kappa shape index (κ1) is 54.1. The molecule has 0 radical (unpaired) electrons. The molecule has 2 aliphatic heterocycles. The minimum atomic E-state index is -3.34. The summed E-state index contributed by atoms with van der Waals surface area (Å²) < 4.78 is 57.8. The first-order chi connectivity index (χ1) is 36.3. The zero-order valence-electron chi connectivity index (χ0n) is 41.7. The highest BCUT2D eigenvalue weighted by atomic mass is 28.4. The monoisotopic (exact) mass is 1040 g/mol. The van der Waals surface area contributed by atoms with E-state index in [-0.39, 0.29) is 35.5 Å². The van der Waals surface area contributed by atoms with E-state index in [1.54, 1.807) is 84.9 Å². The molecular weight excluding hydrogens is 977 g/mol. The quantitative estimate of drug-likeness (QED) is 0.0370. The lowest BCUT2D eigenvalue weighted by atomic mass is 9.96. The van der Waals surface area contributed by atoms with E-state index in [1.165, 1.54) is 42.5 Å². The lowest BCUT2D eigenvalue weighted by molar-refractivity contribution is -0.356. The predicted octanol–water partition coefficient (Wildman–Crippen LogP) is 6.86. The summed E-state index contributed by atoms with van der Waals surface area (Å²) in [4.78, 5) is 56.5. The van der Waals surface area contributed by atoms with Gasteiger partial charge in [-0.2, -0.15) is 0 Å². The number of ether oxygens (including phenoxy) is 8. The van der Waals surface area contributed by atoms with Gasteiger partial charge in [-0.3, -0.25) is 0 Å². The minimum Gasteiger partial charge on any atom is -0.459 e. The van der Waals surface area contributed by atoms with Crippen LogP contribution in [0.5, 0.6) is 0 Å². The number of carbonyl (C=O) groups is 4. The molecule has 16 heteroatoms. The summed E-state index contributed by atoms with van der Waals surface area (Å²) in [6.45, 7) is 9.04. The highest BCUT2D eigenvalue weighted by Crippen LogP contribution is 2.39. The van der Waals surface area contributed by atoms with Crippen LogP contribution in [0.4, 0.5) is 0 Å². The predicted molar refractivity (Wildman–Crippen MR) is 278 cm³/mol. The zero-order valence-corrected chi connectivity index (χ0v) is 42.7. The van der Waals surface area contributed by atoms with Crippen LogP contribution in [0.25, 0.3) is 0 Å². The van der Waals surface area contributed by atoms with E-state index in [9.17, 15) is 29.4 Å². The molecule has 2 N–H and O–H groups in total. The maximum absolute atomic E-state index is 14.4. The van der Waals surface area contributed by atoms with Gasteiger partial charge in [0, 0.05) is 0 Å². The van der Waals surface area contributed by atoms with Crippen LogP contribution in [0.2, 0.25) is 5.04 Å². The second-order valence-electron chi connectivity index (χ2n) is 18.9. The van der Waals surface area contributed by atoms with Crippen molar-refractivity contribution in [2.24, 2.45) is 0 Å². The zero-order chi connectivity index (χ0) is 53.0. The normalized spacial score (nSPS) is 23.7. The molecule has 10 atom stereocenters. The number of aliphatic hydroxyl groups is 2. The summed E-state index contributed by atoms with van der Waals surface area (Å²) in [6.07, 6.45) is -15.1. The van der Waals surface area contributed by atoms with Crippen LogP contribution in [0, 0.1) is 0 Å². The highest BCUT2D eigenvalue weighted by Gasteiger charge is 2.57. The Bertz CT molecular complexity index is 2760. The van der Waals surface area contributed by atoms with E-state index < -0.39 is 105 Å². The highest BCUT2D eigenvalue weighted by molar-refractivity contribution is 6.99. The second-order valence-corrected chi connectivity index (χ2v) is 23.2. The molecule has 8 rings (SSSR count). The third-order valence-electron chi connectivity index (χ3n) is 12.9. The molecule has 0 bridgehead atoms. The maximum atomic E-state index is 14.4. The molecule has 0 spiro atoms. The third-order valence-corrected chi connectivity index (χ3v) is 17.9. The molecule has 390 valence electrons. The van der Waals surface area contributed by atoms with Crippen LogP contribution in [-0.4, -0.2) is 124 Å². The fourth-order valence-corrected chi connectivity index (χ4v) is 13.8. The maximum Gasteiger partial charge on any atom is 0.338 e. The van der Waals surface area contributed by atoms with Crippen LogP contribution < -0.4 is 10.4 Å². The summed E-state index contributed by atoms with van der Waals surface area (Å²) in [5.74, 6) is -3.50. The Kier molecular flexibility index (Phi) is 18.0. The molecule has 2 aliphatic rings. The van der Waals surface area contributed by atoms with Gasteiger partial charge in [-0.05, 0) is 63.9 Å². The van der Waals surface area contributed by atoms with Gasteiger partial charge in [0.2, 0.25) is 0 Å². The molecule has 2 saturated heterocycles. The lowest BCUT2D eigenvalue weighted by Gasteiger charge is -2.49. The average Bonchev–Trinajstić information content (AvgIpc) is 3.44. The smallest absolute Gasteiger partial charge is 0.338 e. The topological polar surface area (TPSA) is 192 Å². The molecule has 0 amide bonds. The molecular formula is C59H60O15Si. The molecule has 6 aromatic carbocycles. The summed E-state index contributed by atoms with van der Waals surface area (Å²) in [6, 6.07) is 51.6. The Hall–Kier alpha value is -7.12. The Morgan fingerprint density at radius 1 is 0.507 bits per heavy atom. The number of benzene rings is 6. The molecule has 0 saturated carbocycles. The first-order valence-corrected chi connectivity index (χ1v) is 26.5. The standard InChI is InChI=1S/C59H60O15Si/c1-5-36-66-57-48(61)47(60)49(46(69-57)38-68-75(59(2,3)4,43-32-20-10-21-33-43)44-34-22-11-23-35-44)74-58-52(73-56(65)42-30-18-9-19-31-42)51(72-55(64)41-28-16-8-17-29-41)50(71-54(63)40-26-14-7-15-27-40)45(70-58)37-67-53(62)39-24-12-6-13-25-39/h5-35,45-52,57-58,60-61H,1,36-38H2,2-4H3/t45-,46-,47-,48+,49-,50-,51+,52+,57+,58-/m1/s1. The van der Waals surface area contributed by atoms with Gasteiger partial charge < -0.3 is 52.5 Å². The van der Waals surface area contributed by atoms with E-state index in [1.807, 2.05) is 60.7 Å². The Labute approximate surface area is 436 Å². The van der Waals surface area contributed by atoms with Gasteiger partial charge >= 0.3 is 23.9 Å². The van der Waals surface area contributed by atoms with E-state index in [0.717, 1.165) is 10.4 Å². The van der Waals surface area contributed by atoms with Crippen LogP contribution in [0.15, 0.2) is 195 Å². The van der Waals surface area contributed by atoms with Crippen molar-refractivity contribution in [3.8, 4) is 0 Å². The van der Waals surface area contributed by atoms with Gasteiger partial charge in [0.25, 0.3) is 8.32 Å². The number of rotatable bonds is 19. The van der Waals surface area contributed by atoms with Gasteiger partial charge in [-0.1, -0.05) is 160 Å². The van der Waals surface area contributed by atoms with Crippen LogP contribution in [-0.2, 0) is 42.3 Å².